The molecule has 42 heavy (non-hydrogen) atoms. The molecule has 3 aliphatic heterocycles. The van der Waals surface area contributed by atoms with E-state index in [1.807, 2.05) is 20.8 Å². The van der Waals surface area contributed by atoms with Gasteiger partial charge in [0.25, 0.3) is 5.91 Å². The Morgan fingerprint density at radius 2 is 1.86 bits per heavy atom. The summed E-state index contributed by atoms with van der Waals surface area (Å²) in [5, 5.41) is 8.40. The van der Waals surface area contributed by atoms with Gasteiger partial charge in [0.2, 0.25) is 23.6 Å². The number of hydrogen-bond acceptors (Lipinski definition) is 7. The maximum absolute atomic E-state index is 14.1. The van der Waals surface area contributed by atoms with Crippen LogP contribution in [-0.4, -0.2) is 78.4 Å². The highest BCUT2D eigenvalue weighted by molar-refractivity contribution is 5.99. The van der Waals surface area contributed by atoms with Crippen molar-refractivity contribution in [2.45, 2.75) is 71.7 Å². The molecule has 0 radical (unpaired) electrons. The molecule has 5 rings (SSSR count). The average molecular weight is 584 g/mol. The Hall–Kier alpha value is -3.67. The van der Waals surface area contributed by atoms with Gasteiger partial charge in [-0.05, 0) is 41.2 Å². The van der Waals surface area contributed by atoms with Gasteiger partial charge in [-0.1, -0.05) is 46.8 Å². The summed E-state index contributed by atoms with van der Waals surface area (Å²) >= 11 is 0. The van der Waals surface area contributed by atoms with Gasteiger partial charge in [0.05, 0.1) is 18.2 Å². The number of carbonyl (C=O) groups excluding carboxylic acids is 5. The number of carbonyl (C=O) groups is 5. The fourth-order valence-electron chi connectivity index (χ4n) is 6.59. The number of benzene rings is 1. The van der Waals surface area contributed by atoms with Gasteiger partial charge < -0.3 is 36.1 Å². The third kappa shape index (κ3) is 5.56. The van der Waals surface area contributed by atoms with E-state index in [1.54, 1.807) is 24.3 Å². The van der Waals surface area contributed by atoms with Crippen LogP contribution in [0.2, 0.25) is 0 Å². The van der Waals surface area contributed by atoms with Crippen LogP contribution in [0.1, 0.15) is 47.5 Å². The number of nitrogens with one attached hydrogen (secondary N) is 3. The van der Waals surface area contributed by atoms with Gasteiger partial charge in [0.15, 0.2) is 6.10 Å². The number of ether oxygens (including phenoxy) is 2. The molecular formula is C30H41N5O7. The first-order valence-electron chi connectivity index (χ1n) is 14.5. The van der Waals surface area contributed by atoms with Gasteiger partial charge in [-0.25, -0.2) is 0 Å². The standard InChI is InChI=1S/C30H41N5O7/c1-29(2,3)23(34-25(37)15-10-11-41-14-15)28(40)35-13-16-21(30(16,4)5)22(35)27(39)33-18(24(31)36)12-20-26(38)32-17-8-6-7-9-19(17)42-20/h6-9,15-16,18,20-23H,10-14H2,1-5H3,(H2,31,36)(H,32,38)(H,33,39)(H,34,37)/t15-,16+,18?,20+,21+,22+,23?/m1/s1. The van der Waals surface area contributed by atoms with E-state index < -0.39 is 47.4 Å². The van der Waals surface area contributed by atoms with Crippen molar-refractivity contribution in [2.24, 2.45) is 34.3 Å². The van der Waals surface area contributed by atoms with Gasteiger partial charge in [0, 0.05) is 19.6 Å². The summed E-state index contributed by atoms with van der Waals surface area (Å²) in [6.45, 7) is 10.9. The lowest BCUT2D eigenvalue weighted by Gasteiger charge is -2.38. The smallest absolute Gasteiger partial charge is 0.265 e. The monoisotopic (exact) mass is 583 g/mol. The number of fused-ring (bicyclic) bond motifs is 2. The normalized spacial score (nSPS) is 28.8. The molecule has 0 aromatic heterocycles. The van der Waals surface area contributed by atoms with Crippen molar-refractivity contribution in [2.75, 3.05) is 25.1 Å². The first kappa shape index (κ1) is 29.8. The van der Waals surface area contributed by atoms with Crippen LogP contribution in [0.25, 0.3) is 0 Å². The Bertz CT molecular complexity index is 1280. The zero-order valence-electron chi connectivity index (χ0n) is 24.8. The van der Waals surface area contributed by atoms with E-state index in [0.717, 1.165) is 0 Å². The molecule has 228 valence electrons. The number of nitrogens with zero attached hydrogens (tertiary/aromatic N) is 1. The number of amides is 5. The molecule has 2 saturated heterocycles. The molecule has 1 saturated carbocycles. The summed E-state index contributed by atoms with van der Waals surface area (Å²) in [6.07, 6.45) is -0.639. The number of para-hydroxylation sites is 2. The summed E-state index contributed by atoms with van der Waals surface area (Å²) in [7, 11) is 0. The lowest BCUT2D eigenvalue weighted by atomic mass is 9.84. The second-order valence-electron chi connectivity index (χ2n) is 13.5. The molecule has 2 unspecified atom stereocenters. The van der Waals surface area contributed by atoms with Crippen molar-refractivity contribution in [1.82, 2.24) is 15.5 Å². The number of rotatable bonds is 8. The molecule has 3 fully saturated rings. The summed E-state index contributed by atoms with van der Waals surface area (Å²) in [6, 6.07) is 3.97. The Kier molecular flexibility index (Phi) is 7.71. The Morgan fingerprint density at radius 1 is 1.14 bits per heavy atom. The van der Waals surface area contributed by atoms with E-state index in [9.17, 15) is 24.0 Å². The van der Waals surface area contributed by atoms with E-state index in [1.165, 1.54) is 4.90 Å². The van der Waals surface area contributed by atoms with Gasteiger partial charge >= 0.3 is 0 Å². The minimum Gasteiger partial charge on any atom is -0.478 e. The van der Waals surface area contributed by atoms with Crippen molar-refractivity contribution in [1.29, 1.82) is 0 Å². The van der Waals surface area contributed by atoms with Gasteiger partial charge in [-0.2, -0.15) is 0 Å². The number of primary amides is 1. The van der Waals surface area contributed by atoms with Crippen molar-refractivity contribution in [3.05, 3.63) is 24.3 Å². The van der Waals surface area contributed by atoms with Gasteiger partial charge in [0.1, 0.15) is 23.9 Å². The highest BCUT2D eigenvalue weighted by Crippen LogP contribution is 2.65. The van der Waals surface area contributed by atoms with E-state index in [4.69, 9.17) is 15.2 Å². The fourth-order valence-corrected chi connectivity index (χ4v) is 6.59. The molecule has 5 N–H and O–H groups in total. The van der Waals surface area contributed by atoms with E-state index >= 15 is 0 Å². The van der Waals surface area contributed by atoms with Crippen molar-refractivity contribution in [3.8, 4) is 5.75 Å². The Balaban J connectivity index is 1.33. The summed E-state index contributed by atoms with van der Waals surface area (Å²) in [4.78, 5) is 67.6. The van der Waals surface area contributed by atoms with Crippen LogP contribution >= 0.6 is 0 Å². The number of likely N-dealkylation sites (tertiary alicyclic amines) is 1. The molecule has 1 aromatic carbocycles. The van der Waals surface area contributed by atoms with Gasteiger partial charge in [-0.3, -0.25) is 24.0 Å². The van der Waals surface area contributed by atoms with Crippen LogP contribution in [0.15, 0.2) is 24.3 Å². The van der Waals surface area contributed by atoms with Gasteiger partial charge in [-0.15, -0.1) is 0 Å². The molecule has 5 amide bonds. The summed E-state index contributed by atoms with van der Waals surface area (Å²) in [5.41, 5.74) is 5.38. The zero-order chi connectivity index (χ0) is 30.6. The lowest BCUT2D eigenvalue weighted by molar-refractivity contribution is -0.146. The Morgan fingerprint density at radius 3 is 2.50 bits per heavy atom. The molecule has 4 aliphatic rings. The molecule has 0 spiro atoms. The van der Waals surface area contributed by atoms with Crippen LogP contribution in [0.3, 0.4) is 0 Å². The molecular weight excluding hydrogens is 542 g/mol. The minimum absolute atomic E-state index is 0.0905. The lowest BCUT2D eigenvalue weighted by Crippen LogP contribution is -2.61. The molecule has 0 bridgehead atoms. The fraction of sp³-hybridized carbons (Fsp3) is 0.633. The Labute approximate surface area is 245 Å². The average Bonchev–Trinajstić information content (AvgIpc) is 3.37. The number of nitrogens with two attached hydrogens (primary N) is 1. The second-order valence-corrected chi connectivity index (χ2v) is 13.5. The second kappa shape index (κ2) is 10.9. The molecule has 7 atom stereocenters. The molecule has 1 aromatic rings. The van der Waals surface area contributed by atoms with Crippen LogP contribution < -0.4 is 26.4 Å². The van der Waals surface area contributed by atoms with Crippen LogP contribution in [0.5, 0.6) is 5.75 Å². The highest BCUT2D eigenvalue weighted by atomic mass is 16.5. The zero-order valence-corrected chi connectivity index (χ0v) is 24.8. The predicted octanol–water partition coefficient (Wildman–Crippen LogP) is 0.797. The number of anilines is 1. The highest BCUT2D eigenvalue weighted by Gasteiger charge is 2.70. The SMILES string of the molecule is CC(C)(C)C(NC(=O)[C@@H]1CCOC1)C(=O)N1C[C@H]2[C@@H]([C@H]1C(=O)NC(C[C@@H]1Oc3ccccc3NC1=O)C(N)=O)C2(C)C. The van der Waals surface area contributed by atoms with Crippen molar-refractivity contribution in [3.63, 3.8) is 0 Å². The maximum Gasteiger partial charge on any atom is 0.265 e. The summed E-state index contributed by atoms with van der Waals surface area (Å²) in [5.74, 6) is -2.30. The first-order chi connectivity index (χ1) is 19.7. The van der Waals surface area contributed by atoms with Crippen LogP contribution in [-0.2, 0) is 28.7 Å². The van der Waals surface area contributed by atoms with Crippen molar-refractivity contribution >= 4 is 35.2 Å². The molecule has 12 nitrogen and oxygen atoms in total. The molecule has 12 heteroatoms. The van der Waals surface area contributed by atoms with E-state index in [2.05, 4.69) is 29.8 Å². The number of piperidine rings is 1. The predicted molar refractivity (Wildman–Crippen MR) is 152 cm³/mol. The third-order valence-electron chi connectivity index (χ3n) is 9.28. The third-order valence-corrected chi connectivity index (χ3v) is 9.28. The van der Waals surface area contributed by atoms with E-state index in [0.29, 0.717) is 37.6 Å². The largest absolute Gasteiger partial charge is 0.478 e. The first-order valence-corrected chi connectivity index (χ1v) is 14.5. The van der Waals surface area contributed by atoms with Crippen LogP contribution in [0.4, 0.5) is 5.69 Å². The molecule has 1 aliphatic carbocycles. The maximum atomic E-state index is 14.1. The quantitative estimate of drug-likeness (QED) is 0.351. The minimum atomic E-state index is -1.21. The van der Waals surface area contributed by atoms with E-state index in [-0.39, 0.29) is 41.4 Å². The van der Waals surface area contributed by atoms with Crippen molar-refractivity contribution < 1.29 is 33.4 Å². The summed E-state index contributed by atoms with van der Waals surface area (Å²) < 4.78 is 11.2. The topological polar surface area (TPSA) is 169 Å². The molecule has 3 heterocycles. The van der Waals surface area contributed by atoms with Crippen LogP contribution in [0, 0.1) is 28.6 Å². The number of hydrogen-bond donors (Lipinski definition) is 4.